The maximum Gasteiger partial charge on any atom is 0.514 e. The molecule has 0 fully saturated rings. The molecule has 0 bridgehead atoms. The monoisotopic (exact) mass is 677 g/mol. The van der Waals surface area contributed by atoms with Crippen molar-refractivity contribution in [2.45, 2.75) is 53.1 Å². The number of oxime groups is 1. The quantitative estimate of drug-likeness (QED) is 0.0600. The van der Waals surface area contributed by atoms with E-state index in [1.807, 2.05) is 65.6 Å². The molecule has 2 aliphatic heterocycles. The third-order valence-electron chi connectivity index (χ3n) is 8.41. The molecule has 252 valence electrons. The van der Waals surface area contributed by atoms with Gasteiger partial charge in [-0.25, -0.2) is 4.79 Å². The molecule has 11 heteroatoms. The lowest BCUT2D eigenvalue weighted by atomic mass is 9.94. The fourth-order valence-electron chi connectivity index (χ4n) is 6.25. The minimum Gasteiger partial charge on any atom is -0.429 e. The van der Waals surface area contributed by atoms with Crippen molar-refractivity contribution < 1.29 is 28.8 Å². The van der Waals surface area contributed by atoms with Crippen LogP contribution in [0.15, 0.2) is 102 Å². The SMILES string of the molecule is C.C/C1=C(\[Si](C)(C)C)c2ccccc2C(=O)N(CC2CC(c3ccc(COC(=O)Oc4ccc([N+](=O)[O-])cc4)cc3)=NO2)c2ccccc21. The second-order valence-electron chi connectivity index (χ2n) is 12.8. The van der Waals surface area contributed by atoms with Gasteiger partial charge >= 0.3 is 6.16 Å². The van der Waals surface area contributed by atoms with Crippen LogP contribution in [-0.2, 0) is 16.2 Å². The van der Waals surface area contributed by atoms with Gasteiger partial charge in [-0.3, -0.25) is 14.9 Å². The number of non-ortho nitro benzene ring substituents is 1. The number of nitro groups is 1. The van der Waals surface area contributed by atoms with Gasteiger partial charge in [-0.1, -0.05) is 92.9 Å². The average Bonchev–Trinajstić information content (AvgIpc) is 3.54. The number of amides is 1. The van der Waals surface area contributed by atoms with Gasteiger partial charge in [-0.15, -0.1) is 0 Å². The summed E-state index contributed by atoms with van der Waals surface area (Å²) in [5.74, 6) is 0.0811. The van der Waals surface area contributed by atoms with E-state index in [0.29, 0.717) is 18.5 Å². The van der Waals surface area contributed by atoms with Crippen LogP contribution in [0.4, 0.5) is 16.2 Å². The summed E-state index contributed by atoms with van der Waals surface area (Å²) in [7, 11) is -1.85. The van der Waals surface area contributed by atoms with Crippen molar-refractivity contribution >= 4 is 48.0 Å². The van der Waals surface area contributed by atoms with Crippen LogP contribution in [0.2, 0.25) is 19.6 Å². The van der Waals surface area contributed by atoms with Crippen LogP contribution in [-0.4, -0.2) is 43.4 Å². The number of anilines is 1. The summed E-state index contributed by atoms with van der Waals surface area (Å²) >= 11 is 0. The molecule has 49 heavy (non-hydrogen) atoms. The van der Waals surface area contributed by atoms with Crippen LogP contribution in [0.1, 0.15) is 53.4 Å². The molecule has 0 saturated heterocycles. The molecular weight excluding hydrogens is 639 g/mol. The van der Waals surface area contributed by atoms with E-state index in [9.17, 15) is 19.7 Å². The first-order chi connectivity index (χ1) is 23.0. The Balaban J connectivity index is 0.00000468. The molecule has 2 aliphatic rings. The molecule has 0 saturated carbocycles. The normalized spacial score (nSPS) is 17.0. The smallest absolute Gasteiger partial charge is 0.429 e. The Bertz CT molecular complexity index is 1950. The lowest BCUT2D eigenvalue weighted by Crippen LogP contribution is -2.40. The largest absolute Gasteiger partial charge is 0.514 e. The lowest BCUT2D eigenvalue weighted by Gasteiger charge is -2.34. The summed E-state index contributed by atoms with van der Waals surface area (Å²) in [5.41, 5.74) is 7.05. The van der Waals surface area contributed by atoms with Gasteiger partial charge in [0, 0.05) is 29.7 Å². The molecule has 0 aromatic heterocycles. The summed E-state index contributed by atoms with van der Waals surface area (Å²) in [6.07, 6.45) is -0.754. The molecule has 1 unspecified atom stereocenters. The van der Waals surface area contributed by atoms with Gasteiger partial charge in [-0.2, -0.15) is 0 Å². The Morgan fingerprint density at radius 1 is 0.939 bits per heavy atom. The zero-order valence-corrected chi connectivity index (χ0v) is 28.1. The summed E-state index contributed by atoms with van der Waals surface area (Å²) < 4.78 is 10.3. The summed E-state index contributed by atoms with van der Waals surface area (Å²) in [6.45, 7) is 9.43. The molecule has 4 aromatic rings. The Morgan fingerprint density at radius 2 is 1.57 bits per heavy atom. The van der Waals surface area contributed by atoms with Gasteiger partial charge in [-0.05, 0) is 58.6 Å². The van der Waals surface area contributed by atoms with Gasteiger partial charge in [0.25, 0.3) is 11.6 Å². The van der Waals surface area contributed by atoms with E-state index in [0.717, 1.165) is 33.7 Å². The van der Waals surface area contributed by atoms with Crippen molar-refractivity contribution in [3.8, 4) is 5.75 Å². The van der Waals surface area contributed by atoms with Crippen LogP contribution >= 0.6 is 0 Å². The van der Waals surface area contributed by atoms with E-state index in [1.54, 1.807) is 0 Å². The molecule has 4 aromatic carbocycles. The topological polar surface area (TPSA) is 121 Å². The molecule has 0 N–H and O–H groups in total. The highest BCUT2D eigenvalue weighted by Crippen LogP contribution is 2.41. The Morgan fingerprint density at radius 3 is 2.22 bits per heavy atom. The predicted octanol–water partition coefficient (Wildman–Crippen LogP) is 8.91. The molecule has 10 nitrogen and oxygen atoms in total. The zero-order chi connectivity index (χ0) is 34.0. The van der Waals surface area contributed by atoms with Crippen LogP contribution in [0.25, 0.3) is 10.8 Å². The van der Waals surface area contributed by atoms with Crippen molar-refractivity contribution in [2.75, 3.05) is 11.4 Å². The van der Waals surface area contributed by atoms with Crippen LogP contribution in [0.5, 0.6) is 5.75 Å². The standard InChI is InChI=1S/C37H35N3O7Si.CH4/c1-24-30-9-7-8-12-34(30)39(36(41)32-11-6-5-10-31(32)35(24)48(2,3)4)22-29-21-33(38-47-29)26-15-13-25(14-16-26)23-45-37(42)46-28-19-17-27(18-20-28)40(43)44;/h5-20,29H,21-23H2,1-4H3;1H4/b35-24+;. The Kier molecular flexibility index (Phi) is 10.1. The first-order valence-electron chi connectivity index (χ1n) is 15.6. The fraction of sp³-hybridized carbons (Fsp3) is 0.237. The number of carbonyl (C=O) groups is 2. The number of carbonyl (C=O) groups excluding carboxylic acids is 2. The minimum absolute atomic E-state index is 0. The second-order valence-corrected chi connectivity index (χ2v) is 17.8. The molecule has 2 heterocycles. The van der Waals surface area contributed by atoms with Crippen molar-refractivity contribution in [3.05, 3.63) is 135 Å². The predicted molar refractivity (Wildman–Crippen MR) is 194 cm³/mol. The highest BCUT2D eigenvalue weighted by molar-refractivity contribution is 6.95. The van der Waals surface area contributed by atoms with Crippen molar-refractivity contribution in [2.24, 2.45) is 5.16 Å². The number of allylic oxidation sites excluding steroid dienone is 1. The number of nitrogens with zero attached hydrogens (tertiary/aromatic N) is 3. The Hall–Kier alpha value is -5.55. The molecular formula is C38H39N3O7Si. The van der Waals surface area contributed by atoms with Crippen molar-refractivity contribution in [1.82, 2.24) is 0 Å². The molecule has 1 atom stereocenters. The number of fused-ring (bicyclic) bond motifs is 2. The first-order valence-corrected chi connectivity index (χ1v) is 19.1. The number of nitro benzene ring substituents is 1. The van der Waals surface area contributed by atoms with Gasteiger partial charge in [0.1, 0.15) is 12.4 Å². The highest BCUT2D eigenvalue weighted by Gasteiger charge is 2.35. The van der Waals surface area contributed by atoms with Crippen molar-refractivity contribution in [1.29, 1.82) is 0 Å². The number of hydrogen-bond acceptors (Lipinski definition) is 8. The van der Waals surface area contributed by atoms with Crippen LogP contribution in [0, 0.1) is 10.1 Å². The molecule has 0 aliphatic carbocycles. The Labute approximate surface area is 286 Å². The summed E-state index contributed by atoms with van der Waals surface area (Å²) in [5, 5.41) is 16.5. The lowest BCUT2D eigenvalue weighted by molar-refractivity contribution is -0.384. The molecule has 0 spiro atoms. The highest BCUT2D eigenvalue weighted by atomic mass is 28.3. The maximum absolute atomic E-state index is 14.3. The minimum atomic E-state index is -1.85. The molecule has 6 rings (SSSR count). The zero-order valence-electron chi connectivity index (χ0n) is 27.1. The van der Waals surface area contributed by atoms with E-state index in [-0.39, 0.29) is 37.5 Å². The van der Waals surface area contributed by atoms with Crippen LogP contribution < -0.4 is 9.64 Å². The van der Waals surface area contributed by atoms with E-state index >= 15 is 0 Å². The van der Waals surface area contributed by atoms with E-state index in [1.165, 1.54) is 35.0 Å². The van der Waals surface area contributed by atoms with Gasteiger partial charge < -0.3 is 19.2 Å². The number of benzene rings is 4. The van der Waals surface area contributed by atoms with Gasteiger partial charge in [0.05, 0.1) is 30.9 Å². The number of ether oxygens (including phenoxy) is 2. The van der Waals surface area contributed by atoms with Crippen molar-refractivity contribution in [3.63, 3.8) is 0 Å². The van der Waals surface area contributed by atoms with E-state index in [4.69, 9.17) is 14.3 Å². The van der Waals surface area contributed by atoms with Gasteiger partial charge in [0.2, 0.25) is 0 Å². The van der Waals surface area contributed by atoms with E-state index < -0.39 is 19.2 Å². The molecule has 1 amide bonds. The maximum atomic E-state index is 14.3. The third kappa shape index (κ3) is 7.47. The number of para-hydroxylation sites is 1. The summed E-state index contributed by atoms with van der Waals surface area (Å²) in [4.78, 5) is 44.4. The second kappa shape index (κ2) is 14.3. The third-order valence-corrected chi connectivity index (χ3v) is 10.6. The first kappa shape index (κ1) is 34.8. The number of rotatable bonds is 8. The number of hydrogen-bond donors (Lipinski definition) is 0. The fourth-order valence-corrected chi connectivity index (χ4v) is 8.54. The van der Waals surface area contributed by atoms with E-state index in [2.05, 4.69) is 43.9 Å². The van der Waals surface area contributed by atoms with Crippen LogP contribution in [0.3, 0.4) is 0 Å². The van der Waals surface area contributed by atoms with Gasteiger partial charge in [0.15, 0.2) is 6.10 Å². The average molecular weight is 678 g/mol. The molecule has 0 radical (unpaired) electrons. The summed E-state index contributed by atoms with van der Waals surface area (Å²) in [6, 6.07) is 28.5.